The highest BCUT2D eigenvalue weighted by Crippen LogP contribution is 2.08. The number of nitrogens with zero attached hydrogens (tertiary/aromatic N) is 2. The first kappa shape index (κ1) is 13.0. The molecule has 1 aromatic rings. The van der Waals surface area contributed by atoms with E-state index in [2.05, 4.69) is 29.4 Å². The van der Waals surface area contributed by atoms with E-state index in [1.165, 1.54) is 0 Å². The number of aromatic amines is 1. The van der Waals surface area contributed by atoms with E-state index in [-0.39, 0.29) is 18.3 Å². The molecule has 1 fully saturated rings. The van der Waals surface area contributed by atoms with Crippen LogP contribution in [0.1, 0.15) is 24.3 Å². The second kappa shape index (κ2) is 5.32. The quantitative estimate of drug-likeness (QED) is 0.763. The van der Waals surface area contributed by atoms with Crippen molar-refractivity contribution in [2.75, 3.05) is 13.1 Å². The Balaban J connectivity index is 0.00000128. The highest BCUT2D eigenvalue weighted by atomic mass is 35.5. The van der Waals surface area contributed by atoms with Crippen molar-refractivity contribution in [2.24, 2.45) is 0 Å². The summed E-state index contributed by atoms with van der Waals surface area (Å²) >= 11 is 0. The van der Waals surface area contributed by atoms with Crippen molar-refractivity contribution in [1.29, 1.82) is 0 Å². The van der Waals surface area contributed by atoms with E-state index < -0.39 is 0 Å². The van der Waals surface area contributed by atoms with Crippen LogP contribution in [0.15, 0.2) is 12.3 Å². The second-order valence-electron chi connectivity index (χ2n) is 4.15. The van der Waals surface area contributed by atoms with E-state index in [4.69, 9.17) is 0 Å². The molecule has 90 valence electrons. The zero-order valence-corrected chi connectivity index (χ0v) is 10.3. The average Bonchev–Trinajstić information content (AvgIpc) is 2.67. The number of hydrogen-bond acceptors (Lipinski definition) is 3. The summed E-state index contributed by atoms with van der Waals surface area (Å²) in [5.41, 5.74) is 0.566. The van der Waals surface area contributed by atoms with Gasteiger partial charge in [-0.05, 0) is 19.9 Å². The predicted octanol–water partition coefficient (Wildman–Crippen LogP) is 0.654. The zero-order chi connectivity index (χ0) is 10.8. The van der Waals surface area contributed by atoms with Crippen LogP contribution < -0.4 is 5.32 Å². The fourth-order valence-corrected chi connectivity index (χ4v) is 2.04. The number of aromatic nitrogens is 2. The highest BCUT2D eigenvalue weighted by molar-refractivity contribution is 5.92. The van der Waals surface area contributed by atoms with E-state index >= 15 is 0 Å². The van der Waals surface area contributed by atoms with Crippen LogP contribution in [0.4, 0.5) is 0 Å². The summed E-state index contributed by atoms with van der Waals surface area (Å²) in [5, 5.41) is 9.88. The Morgan fingerprint density at radius 1 is 1.44 bits per heavy atom. The van der Waals surface area contributed by atoms with Gasteiger partial charge in [0.15, 0.2) is 0 Å². The van der Waals surface area contributed by atoms with Crippen molar-refractivity contribution in [2.45, 2.75) is 25.9 Å². The minimum atomic E-state index is 0. The van der Waals surface area contributed by atoms with Crippen LogP contribution in [-0.2, 0) is 0 Å². The van der Waals surface area contributed by atoms with Crippen molar-refractivity contribution < 1.29 is 4.79 Å². The van der Waals surface area contributed by atoms with Crippen LogP contribution in [0.2, 0.25) is 0 Å². The SMILES string of the molecule is CC1CN(C(=O)c2ccn[nH]2)CC(C)N1.Cl. The van der Waals surface area contributed by atoms with Gasteiger partial charge in [-0.2, -0.15) is 5.10 Å². The first-order valence-corrected chi connectivity index (χ1v) is 5.21. The molecule has 1 aliphatic rings. The lowest BCUT2D eigenvalue weighted by Gasteiger charge is -2.35. The van der Waals surface area contributed by atoms with Crippen molar-refractivity contribution in [1.82, 2.24) is 20.4 Å². The molecule has 0 aliphatic carbocycles. The maximum atomic E-state index is 12.0. The van der Waals surface area contributed by atoms with E-state index in [1.807, 2.05) is 4.90 Å². The van der Waals surface area contributed by atoms with E-state index in [0.717, 1.165) is 13.1 Å². The summed E-state index contributed by atoms with van der Waals surface area (Å²) in [6.45, 7) is 5.68. The Morgan fingerprint density at radius 3 is 2.56 bits per heavy atom. The van der Waals surface area contributed by atoms with Crippen LogP contribution in [0.5, 0.6) is 0 Å². The Bertz CT molecular complexity index is 331. The molecule has 6 heteroatoms. The molecule has 1 amide bonds. The highest BCUT2D eigenvalue weighted by Gasteiger charge is 2.25. The lowest BCUT2D eigenvalue weighted by Crippen LogP contribution is -2.55. The van der Waals surface area contributed by atoms with Gasteiger partial charge in [0, 0.05) is 31.4 Å². The molecule has 0 bridgehead atoms. The van der Waals surface area contributed by atoms with Gasteiger partial charge in [-0.1, -0.05) is 0 Å². The van der Waals surface area contributed by atoms with Gasteiger partial charge >= 0.3 is 0 Å². The number of halogens is 1. The van der Waals surface area contributed by atoms with Crippen LogP contribution in [0.25, 0.3) is 0 Å². The van der Waals surface area contributed by atoms with Gasteiger partial charge in [-0.3, -0.25) is 9.89 Å². The number of hydrogen-bond donors (Lipinski definition) is 2. The molecule has 1 saturated heterocycles. The van der Waals surface area contributed by atoms with E-state index in [9.17, 15) is 4.79 Å². The molecule has 0 spiro atoms. The largest absolute Gasteiger partial charge is 0.334 e. The second-order valence-corrected chi connectivity index (χ2v) is 4.15. The maximum absolute atomic E-state index is 12.0. The summed E-state index contributed by atoms with van der Waals surface area (Å²) in [6.07, 6.45) is 1.60. The fourth-order valence-electron chi connectivity index (χ4n) is 2.04. The topological polar surface area (TPSA) is 61.0 Å². The molecule has 2 heterocycles. The van der Waals surface area contributed by atoms with Gasteiger partial charge in [0.2, 0.25) is 0 Å². The normalized spacial score (nSPS) is 25.0. The molecule has 2 unspecified atom stereocenters. The molecule has 2 N–H and O–H groups in total. The van der Waals surface area contributed by atoms with E-state index in [0.29, 0.717) is 17.8 Å². The Labute approximate surface area is 101 Å². The molecule has 16 heavy (non-hydrogen) atoms. The Kier molecular flexibility index (Phi) is 4.32. The average molecular weight is 245 g/mol. The summed E-state index contributed by atoms with van der Waals surface area (Å²) in [7, 11) is 0. The van der Waals surface area contributed by atoms with Crippen LogP contribution in [0.3, 0.4) is 0 Å². The van der Waals surface area contributed by atoms with Gasteiger partial charge in [-0.25, -0.2) is 0 Å². The number of carbonyl (C=O) groups is 1. The molecular formula is C10H17ClN4O. The lowest BCUT2D eigenvalue weighted by atomic mass is 10.1. The zero-order valence-electron chi connectivity index (χ0n) is 9.43. The number of rotatable bonds is 1. The van der Waals surface area contributed by atoms with Crippen LogP contribution >= 0.6 is 12.4 Å². The van der Waals surface area contributed by atoms with Crippen molar-refractivity contribution in [3.8, 4) is 0 Å². The number of H-pyrrole nitrogens is 1. The third-order valence-corrected chi connectivity index (χ3v) is 2.58. The monoisotopic (exact) mass is 244 g/mol. The minimum absolute atomic E-state index is 0. The number of nitrogens with one attached hydrogen (secondary N) is 2. The first-order valence-electron chi connectivity index (χ1n) is 5.21. The summed E-state index contributed by atoms with van der Waals surface area (Å²) in [4.78, 5) is 13.8. The molecule has 0 saturated carbocycles. The Morgan fingerprint density at radius 2 is 2.06 bits per heavy atom. The smallest absolute Gasteiger partial charge is 0.271 e. The van der Waals surface area contributed by atoms with Gasteiger partial charge in [0.25, 0.3) is 5.91 Å². The number of piperazine rings is 1. The molecule has 0 aromatic carbocycles. The fraction of sp³-hybridized carbons (Fsp3) is 0.600. The maximum Gasteiger partial charge on any atom is 0.271 e. The van der Waals surface area contributed by atoms with Gasteiger partial charge < -0.3 is 10.2 Å². The molecule has 0 radical (unpaired) electrons. The molecule has 1 aromatic heterocycles. The standard InChI is InChI=1S/C10H16N4O.ClH/c1-7-5-14(6-8(2)12-7)10(15)9-3-4-11-13-9;/h3-4,7-8,12H,5-6H2,1-2H3,(H,11,13);1H. The van der Waals surface area contributed by atoms with Gasteiger partial charge in [0.05, 0.1) is 0 Å². The summed E-state index contributed by atoms with van der Waals surface area (Å²) in [5.74, 6) is 0.0349. The summed E-state index contributed by atoms with van der Waals surface area (Å²) < 4.78 is 0. The van der Waals surface area contributed by atoms with Crippen LogP contribution in [-0.4, -0.2) is 46.2 Å². The molecular weight excluding hydrogens is 228 g/mol. The van der Waals surface area contributed by atoms with Gasteiger partial charge in [-0.15, -0.1) is 12.4 Å². The summed E-state index contributed by atoms with van der Waals surface area (Å²) in [6, 6.07) is 2.40. The minimum Gasteiger partial charge on any atom is -0.334 e. The third kappa shape index (κ3) is 2.74. The predicted molar refractivity (Wildman–Crippen MR) is 63.8 cm³/mol. The number of carbonyl (C=O) groups excluding carboxylic acids is 1. The Hall–Kier alpha value is -1.07. The van der Waals surface area contributed by atoms with Crippen molar-refractivity contribution in [3.63, 3.8) is 0 Å². The van der Waals surface area contributed by atoms with E-state index in [1.54, 1.807) is 12.3 Å². The molecule has 2 atom stereocenters. The van der Waals surface area contributed by atoms with Crippen LogP contribution in [0, 0.1) is 0 Å². The molecule has 1 aliphatic heterocycles. The molecule has 5 nitrogen and oxygen atoms in total. The lowest BCUT2D eigenvalue weighted by molar-refractivity contribution is 0.0668. The third-order valence-electron chi connectivity index (χ3n) is 2.58. The number of amides is 1. The van der Waals surface area contributed by atoms with Crippen molar-refractivity contribution >= 4 is 18.3 Å². The van der Waals surface area contributed by atoms with Gasteiger partial charge in [0.1, 0.15) is 5.69 Å². The van der Waals surface area contributed by atoms with Crippen molar-refractivity contribution in [3.05, 3.63) is 18.0 Å². The molecule has 2 rings (SSSR count). The first-order chi connectivity index (χ1) is 7.16.